The zero-order valence-electron chi connectivity index (χ0n) is 10.6. The number of carbonyl (C=O) groups excluding carboxylic acids is 1. The highest BCUT2D eigenvalue weighted by Gasteiger charge is 2.34. The summed E-state index contributed by atoms with van der Waals surface area (Å²) in [6, 6.07) is 0.728. The molecule has 0 atom stereocenters. The van der Waals surface area contributed by atoms with Crippen LogP contribution in [0, 0.1) is 5.41 Å². The van der Waals surface area contributed by atoms with E-state index in [1.165, 1.54) is 0 Å². The second kappa shape index (κ2) is 4.61. The molecule has 0 saturated carbocycles. The summed E-state index contributed by atoms with van der Waals surface area (Å²) in [6.07, 6.45) is 0.693. The van der Waals surface area contributed by atoms with Gasteiger partial charge in [0, 0.05) is 0 Å². The molecular formula is C10H9N3O7S2. The third-order valence-corrected chi connectivity index (χ3v) is 4.71. The number of benzene rings is 1. The van der Waals surface area contributed by atoms with Crippen molar-refractivity contribution in [3.05, 3.63) is 22.1 Å². The second-order valence-electron chi connectivity index (χ2n) is 4.33. The Balaban J connectivity index is 2.96. The lowest BCUT2D eigenvalue weighted by atomic mass is 9.92. The summed E-state index contributed by atoms with van der Waals surface area (Å²) in [7, 11) is -9.67. The van der Waals surface area contributed by atoms with Gasteiger partial charge >= 0.3 is 0 Å². The number of fused-ring (bicyclic) bond motifs is 1. The zero-order valence-corrected chi connectivity index (χ0v) is 12.2. The number of carbonyl (C=O) groups is 1. The second-order valence-corrected chi connectivity index (χ2v) is 7.11. The lowest BCUT2D eigenvalue weighted by Crippen LogP contribution is -2.27. The van der Waals surface area contributed by atoms with Crippen molar-refractivity contribution >= 4 is 49.2 Å². The van der Waals surface area contributed by atoms with E-state index in [4.69, 9.17) is 26.0 Å². The van der Waals surface area contributed by atoms with Crippen molar-refractivity contribution in [3.63, 3.8) is 0 Å². The molecule has 0 spiro atoms. The van der Waals surface area contributed by atoms with Crippen molar-refractivity contribution in [2.75, 3.05) is 11.5 Å². The first-order valence-corrected chi connectivity index (χ1v) is 8.26. The van der Waals surface area contributed by atoms with Crippen molar-refractivity contribution in [2.45, 2.75) is 4.90 Å². The molecule has 1 aromatic carbocycles. The van der Waals surface area contributed by atoms with Gasteiger partial charge in [0.25, 0.3) is 20.2 Å². The topological polar surface area (TPSA) is 202 Å². The molecule has 0 saturated heterocycles. The summed E-state index contributed by atoms with van der Waals surface area (Å²) in [4.78, 5) is 10.2. The lowest BCUT2D eigenvalue weighted by Gasteiger charge is -2.19. The fraction of sp³-hybridized carbons (Fsp3) is 0. The number of nitrogens with two attached hydrogens (primary N) is 2. The molecule has 22 heavy (non-hydrogen) atoms. The molecule has 0 amide bonds. The van der Waals surface area contributed by atoms with Crippen LogP contribution in [0.15, 0.2) is 15.9 Å². The first-order valence-electron chi connectivity index (χ1n) is 5.38. The van der Waals surface area contributed by atoms with Crippen LogP contribution < -0.4 is 11.5 Å². The fourth-order valence-electron chi connectivity index (χ4n) is 1.95. The van der Waals surface area contributed by atoms with Crippen molar-refractivity contribution < 1.29 is 30.7 Å². The number of nitrogens with one attached hydrogen (secondary N) is 1. The van der Waals surface area contributed by atoms with Gasteiger partial charge in [0.1, 0.15) is 15.5 Å². The smallest absolute Gasteiger partial charge is 0.296 e. The lowest BCUT2D eigenvalue weighted by molar-refractivity contribution is 0.106. The number of anilines is 2. The van der Waals surface area contributed by atoms with Gasteiger partial charge in [-0.3, -0.25) is 19.3 Å². The normalized spacial score (nSPS) is 15.5. The minimum Gasteiger partial charge on any atom is -0.396 e. The summed E-state index contributed by atoms with van der Waals surface area (Å²) in [5, 5.41) is 7.46. The Morgan fingerprint density at radius 1 is 1.00 bits per heavy atom. The highest BCUT2D eigenvalue weighted by molar-refractivity contribution is 7.91. The predicted molar refractivity (Wildman–Crippen MR) is 76.7 cm³/mol. The van der Waals surface area contributed by atoms with E-state index >= 15 is 0 Å². The van der Waals surface area contributed by atoms with Gasteiger partial charge < -0.3 is 11.5 Å². The van der Waals surface area contributed by atoms with E-state index in [0.717, 1.165) is 6.07 Å². The minimum atomic E-state index is -4.89. The van der Waals surface area contributed by atoms with E-state index in [2.05, 4.69) is 0 Å². The standard InChI is InChI=1S/C10H9N3O7S2/c11-7-4(21(15,16)17)1-3-2-5(22(18,19)20)8(12)10(14)6(3)9(7)13/h1-2,12H,11,13H2,(H,15,16,17)(H,18,19,20). The van der Waals surface area contributed by atoms with Gasteiger partial charge in [-0.2, -0.15) is 16.8 Å². The van der Waals surface area contributed by atoms with E-state index < -0.39 is 52.9 Å². The molecule has 10 nitrogen and oxygen atoms in total. The number of hydrogen-bond donors (Lipinski definition) is 5. The van der Waals surface area contributed by atoms with Gasteiger partial charge in [0.2, 0.25) is 5.78 Å². The maximum absolute atomic E-state index is 12.0. The van der Waals surface area contributed by atoms with Crippen LogP contribution in [0.1, 0.15) is 15.9 Å². The number of allylic oxidation sites excluding steroid dienone is 1. The average molecular weight is 347 g/mol. The SMILES string of the molecule is N=C1C(=O)c2c(cc(S(=O)(=O)O)c(N)c2N)C=C1S(=O)(=O)O. The summed E-state index contributed by atoms with van der Waals surface area (Å²) in [5.41, 5.74) is 8.13. The van der Waals surface area contributed by atoms with Crippen LogP contribution in [-0.2, 0) is 20.2 Å². The van der Waals surface area contributed by atoms with Crippen LogP contribution in [0.4, 0.5) is 11.4 Å². The van der Waals surface area contributed by atoms with Gasteiger partial charge in [-0.25, -0.2) is 0 Å². The Kier molecular flexibility index (Phi) is 3.37. The Bertz CT molecular complexity index is 974. The monoisotopic (exact) mass is 347 g/mol. The number of ketones is 1. The van der Waals surface area contributed by atoms with Gasteiger partial charge in [-0.1, -0.05) is 0 Å². The van der Waals surface area contributed by atoms with Crippen LogP contribution in [0.5, 0.6) is 0 Å². The van der Waals surface area contributed by atoms with Crippen molar-refractivity contribution in [2.24, 2.45) is 0 Å². The Labute approximate surface area is 124 Å². The van der Waals surface area contributed by atoms with Gasteiger partial charge in [-0.05, 0) is 17.7 Å². The van der Waals surface area contributed by atoms with Gasteiger partial charge in [-0.15, -0.1) is 0 Å². The predicted octanol–water partition coefficient (Wildman–Crippen LogP) is -0.458. The summed E-state index contributed by atoms with van der Waals surface area (Å²) >= 11 is 0. The summed E-state index contributed by atoms with van der Waals surface area (Å²) in [6.45, 7) is 0. The van der Waals surface area contributed by atoms with Crippen LogP contribution in [0.25, 0.3) is 6.08 Å². The van der Waals surface area contributed by atoms with Crippen LogP contribution in [0.2, 0.25) is 0 Å². The van der Waals surface area contributed by atoms with E-state index in [0.29, 0.717) is 6.08 Å². The molecule has 1 aliphatic carbocycles. The molecule has 0 fully saturated rings. The molecule has 2 rings (SSSR count). The first-order chi connectivity index (χ1) is 9.85. The minimum absolute atomic E-state index is 0.312. The number of rotatable bonds is 2. The molecule has 0 bridgehead atoms. The van der Waals surface area contributed by atoms with E-state index in [1.54, 1.807) is 0 Å². The van der Waals surface area contributed by atoms with E-state index in [9.17, 15) is 21.6 Å². The molecule has 1 aromatic rings. The molecule has 7 N–H and O–H groups in total. The van der Waals surface area contributed by atoms with Crippen LogP contribution >= 0.6 is 0 Å². The quantitative estimate of drug-likeness (QED) is 0.346. The zero-order chi connectivity index (χ0) is 17.0. The Morgan fingerprint density at radius 2 is 1.55 bits per heavy atom. The first kappa shape index (κ1) is 16.1. The number of Topliss-reactive ketones (excluding diaryl/α,β-unsaturated/α-hetero) is 1. The molecule has 0 aliphatic heterocycles. The van der Waals surface area contributed by atoms with Crippen molar-refractivity contribution in [1.82, 2.24) is 0 Å². The van der Waals surface area contributed by atoms with Crippen molar-refractivity contribution in [3.8, 4) is 0 Å². The van der Waals surface area contributed by atoms with E-state index in [-0.39, 0.29) is 11.1 Å². The summed E-state index contributed by atoms with van der Waals surface area (Å²) < 4.78 is 62.8. The molecule has 1 aliphatic rings. The number of nitrogen functional groups attached to an aromatic ring is 2. The molecule has 118 valence electrons. The largest absolute Gasteiger partial charge is 0.396 e. The average Bonchev–Trinajstić information content (AvgIpc) is 2.34. The van der Waals surface area contributed by atoms with Gasteiger partial charge in [0.15, 0.2) is 0 Å². The van der Waals surface area contributed by atoms with E-state index in [1.807, 2.05) is 0 Å². The highest BCUT2D eigenvalue weighted by Crippen LogP contribution is 2.36. The van der Waals surface area contributed by atoms with Crippen LogP contribution in [-0.4, -0.2) is 37.4 Å². The number of hydrogen-bond acceptors (Lipinski definition) is 8. The molecular weight excluding hydrogens is 338 g/mol. The van der Waals surface area contributed by atoms with Gasteiger partial charge in [0.05, 0.1) is 16.9 Å². The molecule has 0 aromatic heterocycles. The Hall–Kier alpha value is -2.28. The highest BCUT2D eigenvalue weighted by atomic mass is 32.2. The maximum atomic E-state index is 12.0. The molecule has 0 unspecified atom stereocenters. The molecule has 0 radical (unpaired) electrons. The summed E-state index contributed by atoms with van der Waals surface area (Å²) in [5.74, 6) is -1.16. The third kappa shape index (κ3) is 2.37. The fourth-order valence-corrected chi connectivity index (χ4v) is 3.24. The van der Waals surface area contributed by atoms with Crippen molar-refractivity contribution in [1.29, 1.82) is 5.41 Å². The molecule has 0 heterocycles. The Morgan fingerprint density at radius 3 is 2.00 bits per heavy atom. The maximum Gasteiger partial charge on any atom is 0.296 e. The molecule has 12 heteroatoms. The van der Waals surface area contributed by atoms with Crippen LogP contribution in [0.3, 0.4) is 0 Å². The third-order valence-electron chi connectivity index (χ3n) is 2.94.